The number of aromatic nitrogens is 1. The van der Waals surface area contributed by atoms with Crippen molar-refractivity contribution in [3.8, 4) is 0 Å². The molecule has 0 N–H and O–H groups in total. The first-order chi connectivity index (χ1) is 15.4. The van der Waals surface area contributed by atoms with E-state index in [9.17, 15) is 4.79 Å². The molecule has 0 aliphatic carbocycles. The molecule has 0 bridgehead atoms. The number of carbonyl (C=O) groups is 1. The van der Waals surface area contributed by atoms with Gasteiger partial charge in [0.25, 0.3) is 0 Å². The Bertz CT molecular complexity index is 1160. The molecule has 2 saturated heterocycles. The van der Waals surface area contributed by atoms with Crippen molar-refractivity contribution in [2.24, 2.45) is 15.4 Å². The third-order valence-corrected chi connectivity index (χ3v) is 6.89. The van der Waals surface area contributed by atoms with Gasteiger partial charge in [-0.1, -0.05) is 5.16 Å². The maximum Gasteiger partial charge on any atom is 0.416 e. The van der Waals surface area contributed by atoms with Crippen molar-refractivity contribution in [3.63, 3.8) is 0 Å². The summed E-state index contributed by atoms with van der Waals surface area (Å²) in [6.07, 6.45) is 3.66. The SMILES string of the molecule is C[C@@H]1CN2c3c(cc4c(N5C(=O)OC[C@@H]5C)noc4c3F)CC3(C=NCN=C3)[C@H]2[C@H](C)O1. The van der Waals surface area contributed by atoms with Crippen molar-refractivity contribution in [2.45, 2.75) is 51.5 Å². The summed E-state index contributed by atoms with van der Waals surface area (Å²) in [4.78, 5) is 24.7. The highest BCUT2D eigenvalue weighted by Crippen LogP contribution is 2.48. The number of carbonyl (C=O) groups excluding carboxylic acids is 1. The van der Waals surface area contributed by atoms with E-state index in [4.69, 9.17) is 14.0 Å². The summed E-state index contributed by atoms with van der Waals surface area (Å²) in [5, 5.41) is 4.52. The van der Waals surface area contributed by atoms with Gasteiger partial charge in [0.05, 0.1) is 40.8 Å². The Hall–Kier alpha value is -3.01. The number of amides is 1. The predicted octanol–water partition coefficient (Wildman–Crippen LogP) is 2.95. The summed E-state index contributed by atoms with van der Waals surface area (Å²) in [5.74, 6) is -0.190. The lowest BCUT2D eigenvalue weighted by Gasteiger charge is -2.54. The van der Waals surface area contributed by atoms with Crippen LogP contribution in [0.2, 0.25) is 0 Å². The largest absolute Gasteiger partial charge is 0.447 e. The highest BCUT2D eigenvalue weighted by molar-refractivity contribution is 6.02. The molecule has 1 aromatic heterocycles. The van der Waals surface area contributed by atoms with Crippen LogP contribution in [0, 0.1) is 11.2 Å². The molecule has 0 unspecified atom stereocenters. The van der Waals surface area contributed by atoms with Crippen LogP contribution in [0.4, 0.5) is 20.7 Å². The summed E-state index contributed by atoms with van der Waals surface area (Å²) in [7, 11) is 0. The maximum absolute atomic E-state index is 16.0. The third kappa shape index (κ3) is 2.58. The second kappa shape index (κ2) is 6.74. The number of benzene rings is 1. The summed E-state index contributed by atoms with van der Waals surface area (Å²) >= 11 is 0. The van der Waals surface area contributed by atoms with Gasteiger partial charge >= 0.3 is 6.09 Å². The van der Waals surface area contributed by atoms with E-state index in [-0.39, 0.29) is 42.3 Å². The molecule has 4 atom stereocenters. The van der Waals surface area contributed by atoms with Gasteiger partial charge < -0.3 is 18.9 Å². The number of hydrogen-bond acceptors (Lipinski definition) is 8. The standard InChI is InChI=1S/C22H24FN5O4/c1-11-7-30-21(29)28(11)20-15-4-14-5-22(8-24-10-25-9-22)19-13(3)31-12(2)6-27(19)17(14)16(23)18(15)32-26-20/h4,8-9,11-13,19H,5-7,10H2,1-3H3/t11-,12+,13-,19+/m0/s1. The minimum atomic E-state index is -0.512. The summed E-state index contributed by atoms with van der Waals surface area (Å²) < 4.78 is 32.7. The first-order valence-electron chi connectivity index (χ1n) is 10.9. The van der Waals surface area contributed by atoms with E-state index in [0.29, 0.717) is 30.7 Å². The zero-order chi connectivity index (χ0) is 22.2. The molecule has 9 nitrogen and oxygen atoms in total. The topological polar surface area (TPSA) is 92.8 Å². The monoisotopic (exact) mass is 441 g/mol. The summed E-state index contributed by atoms with van der Waals surface area (Å²) in [6.45, 7) is 7.03. The van der Waals surface area contributed by atoms with E-state index >= 15 is 4.39 Å². The van der Waals surface area contributed by atoms with Gasteiger partial charge in [-0.15, -0.1) is 0 Å². The minimum Gasteiger partial charge on any atom is -0.447 e. The van der Waals surface area contributed by atoms with Crippen LogP contribution in [-0.2, 0) is 15.9 Å². The van der Waals surface area contributed by atoms with Crippen LogP contribution in [0.25, 0.3) is 11.0 Å². The number of halogens is 1. The highest BCUT2D eigenvalue weighted by atomic mass is 19.1. The zero-order valence-corrected chi connectivity index (χ0v) is 18.1. The molecule has 1 aromatic carbocycles. The maximum atomic E-state index is 16.0. The zero-order valence-electron chi connectivity index (χ0n) is 18.1. The molecule has 4 aliphatic heterocycles. The molecule has 32 heavy (non-hydrogen) atoms. The second-order valence-electron chi connectivity index (χ2n) is 9.18. The Morgan fingerprint density at radius 2 is 2.00 bits per heavy atom. The predicted molar refractivity (Wildman–Crippen MR) is 116 cm³/mol. The van der Waals surface area contributed by atoms with Gasteiger partial charge in [-0.05, 0) is 38.8 Å². The Balaban J connectivity index is 1.56. The average Bonchev–Trinajstić information content (AvgIpc) is 3.30. The normalized spacial score (nSPS) is 30.7. The van der Waals surface area contributed by atoms with Crippen LogP contribution < -0.4 is 9.80 Å². The molecular weight excluding hydrogens is 417 g/mol. The van der Waals surface area contributed by atoms with E-state index in [1.54, 1.807) is 0 Å². The van der Waals surface area contributed by atoms with E-state index in [1.807, 2.05) is 39.3 Å². The summed E-state index contributed by atoms with van der Waals surface area (Å²) in [6, 6.07) is 1.52. The molecule has 6 rings (SSSR count). The summed E-state index contributed by atoms with van der Waals surface area (Å²) in [5.41, 5.74) is 0.833. The first kappa shape index (κ1) is 19.7. The van der Waals surface area contributed by atoms with Crippen LogP contribution in [0.3, 0.4) is 0 Å². The Kier molecular flexibility index (Phi) is 4.14. The van der Waals surface area contributed by atoms with Crippen molar-refractivity contribution >= 4 is 41.0 Å². The Morgan fingerprint density at radius 1 is 1.22 bits per heavy atom. The number of rotatable bonds is 1. The second-order valence-corrected chi connectivity index (χ2v) is 9.18. The van der Waals surface area contributed by atoms with Crippen molar-refractivity contribution in [1.82, 2.24) is 5.16 Å². The molecule has 0 radical (unpaired) electrons. The fourth-order valence-electron chi connectivity index (χ4n) is 5.76. The van der Waals surface area contributed by atoms with Crippen molar-refractivity contribution < 1.29 is 23.2 Å². The lowest BCUT2D eigenvalue weighted by molar-refractivity contribution is -0.0432. The number of nitrogens with zero attached hydrogens (tertiary/aromatic N) is 5. The third-order valence-electron chi connectivity index (χ3n) is 6.89. The fourth-order valence-corrected chi connectivity index (χ4v) is 5.76. The van der Waals surface area contributed by atoms with Crippen LogP contribution in [0.5, 0.6) is 0 Å². The number of anilines is 2. The van der Waals surface area contributed by atoms with Gasteiger partial charge in [0.1, 0.15) is 13.3 Å². The van der Waals surface area contributed by atoms with Gasteiger partial charge in [0, 0.05) is 19.0 Å². The number of hydrogen-bond donors (Lipinski definition) is 0. The Labute approximate surface area is 183 Å². The highest BCUT2D eigenvalue weighted by Gasteiger charge is 2.52. The number of fused-ring (bicyclic) bond motifs is 5. The first-order valence-corrected chi connectivity index (χ1v) is 10.9. The van der Waals surface area contributed by atoms with Gasteiger partial charge in [0.15, 0.2) is 11.6 Å². The van der Waals surface area contributed by atoms with Crippen LogP contribution >= 0.6 is 0 Å². The Morgan fingerprint density at radius 3 is 2.72 bits per heavy atom. The van der Waals surface area contributed by atoms with Crippen LogP contribution in [0.15, 0.2) is 20.6 Å². The molecule has 10 heteroatoms. The van der Waals surface area contributed by atoms with Crippen molar-refractivity contribution in [2.75, 3.05) is 29.6 Å². The number of cyclic esters (lactones) is 1. The van der Waals surface area contributed by atoms with Crippen LogP contribution in [0.1, 0.15) is 26.3 Å². The average molecular weight is 441 g/mol. The van der Waals surface area contributed by atoms with Crippen molar-refractivity contribution in [3.05, 3.63) is 17.4 Å². The molecule has 2 aromatic rings. The van der Waals surface area contributed by atoms with Crippen molar-refractivity contribution in [1.29, 1.82) is 0 Å². The molecule has 0 saturated carbocycles. The molecular formula is C22H24FN5O4. The van der Waals surface area contributed by atoms with E-state index in [2.05, 4.69) is 20.0 Å². The molecule has 4 aliphatic rings. The van der Waals surface area contributed by atoms with Gasteiger partial charge in [0.2, 0.25) is 5.58 Å². The van der Waals surface area contributed by atoms with Gasteiger partial charge in [-0.3, -0.25) is 14.9 Å². The lowest BCUT2D eigenvalue weighted by Crippen LogP contribution is -2.65. The molecule has 2 fully saturated rings. The number of ether oxygens (including phenoxy) is 2. The molecule has 1 spiro atoms. The number of aliphatic imine (C=N–C) groups is 2. The van der Waals surface area contributed by atoms with E-state index in [1.165, 1.54) is 4.90 Å². The number of morpholine rings is 1. The van der Waals surface area contributed by atoms with Crippen LogP contribution in [-0.4, -0.2) is 67.8 Å². The minimum absolute atomic E-state index is 0.0399. The lowest BCUT2D eigenvalue weighted by atomic mass is 9.69. The molecule has 1 amide bonds. The van der Waals surface area contributed by atoms with Gasteiger partial charge in [-0.2, -0.15) is 0 Å². The van der Waals surface area contributed by atoms with E-state index < -0.39 is 17.3 Å². The molecule has 168 valence electrons. The fraction of sp³-hybridized carbons (Fsp3) is 0.545. The van der Waals surface area contributed by atoms with E-state index in [0.717, 1.165) is 5.56 Å². The quantitative estimate of drug-likeness (QED) is 0.676. The smallest absolute Gasteiger partial charge is 0.416 e. The molecule has 5 heterocycles. The van der Waals surface area contributed by atoms with Gasteiger partial charge in [-0.25, -0.2) is 9.18 Å².